The van der Waals surface area contributed by atoms with E-state index in [1.165, 1.54) is 6.92 Å². The molecule has 4 nitrogen and oxygen atoms in total. The monoisotopic (exact) mass is 397 g/mol. The SMILES string of the molecule is CCC1=C(Cc2ccc(C(F)(F)F)c(O)n2)C(=O)c2c(F)ccc(F)c2C1=O. The Bertz CT molecular complexity index is 1040. The number of hydrogen-bond donors (Lipinski definition) is 1. The van der Waals surface area contributed by atoms with Crippen LogP contribution in [0, 0.1) is 11.6 Å². The first kappa shape index (κ1) is 19.7. The Hall–Kier alpha value is -3.10. The van der Waals surface area contributed by atoms with Crippen LogP contribution in [-0.2, 0) is 12.6 Å². The van der Waals surface area contributed by atoms with Crippen LogP contribution in [0.2, 0.25) is 0 Å². The number of allylic oxidation sites excluding steroid dienone is 2. The molecule has 9 heteroatoms. The molecule has 1 N–H and O–H groups in total. The second-order valence-corrected chi connectivity index (χ2v) is 6.10. The van der Waals surface area contributed by atoms with E-state index in [9.17, 15) is 36.6 Å². The van der Waals surface area contributed by atoms with Crippen molar-refractivity contribution in [3.8, 4) is 5.88 Å². The summed E-state index contributed by atoms with van der Waals surface area (Å²) in [6.07, 6.45) is -5.23. The van der Waals surface area contributed by atoms with Crippen molar-refractivity contribution in [2.24, 2.45) is 0 Å². The fourth-order valence-corrected chi connectivity index (χ4v) is 3.12. The maximum atomic E-state index is 14.1. The van der Waals surface area contributed by atoms with Crippen molar-refractivity contribution in [2.45, 2.75) is 25.9 Å². The number of fused-ring (bicyclic) bond motifs is 1. The van der Waals surface area contributed by atoms with Gasteiger partial charge in [0.05, 0.1) is 11.1 Å². The fraction of sp³-hybridized carbons (Fsp3) is 0.211. The Balaban J connectivity index is 2.09. The van der Waals surface area contributed by atoms with Gasteiger partial charge in [0.15, 0.2) is 11.6 Å². The Labute approximate surface area is 155 Å². The molecule has 28 heavy (non-hydrogen) atoms. The average Bonchev–Trinajstić information content (AvgIpc) is 2.60. The quantitative estimate of drug-likeness (QED) is 0.779. The van der Waals surface area contributed by atoms with Crippen molar-refractivity contribution >= 4 is 11.6 Å². The van der Waals surface area contributed by atoms with E-state index in [0.717, 1.165) is 18.2 Å². The molecule has 1 aliphatic carbocycles. The molecule has 1 aliphatic rings. The lowest BCUT2D eigenvalue weighted by molar-refractivity contribution is -0.139. The number of aromatic nitrogens is 1. The smallest absolute Gasteiger partial charge is 0.421 e. The van der Waals surface area contributed by atoms with Gasteiger partial charge >= 0.3 is 6.18 Å². The van der Waals surface area contributed by atoms with Crippen molar-refractivity contribution in [1.29, 1.82) is 0 Å². The molecule has 1 aromatic carbocycles. The molecule has 1 aromatic heterocycles. The summed E-state index contributed by atoms with van der Waals surface area (Å²) in [5, 5.41) is 9.53. The van der Waals surface area contributed by atoms with E-state index in [4.69, 9.17) is 0 Å². The second kappa shape index (κ2) is 6.81. The fourth-order valence-electron chi connectivity index (χ4n) is 3.12. The van der Waals surface area contributed by atoms with Crippen LogP contribution < -0.4 is 0 Å². The number of hydrogen-bond acceptors (Lipinski definition) is 4. The maximum absolute atomic E-state index is 14.1. The topological polar surface area (TPSA) is 67.3 Å². The van der Waals surface area contributed by atoms with Crippen LogP contribution in [-0.4, -0.2) is 21.7 Å². The van der Waals surface area contributed by atoms with Gasteiger partial charge in [-0.1, -0.05) is 6.92 Å². The van der Waals surface area contributed by atoms with E-state index in [1.54, 1.807) is 0 Å². The van der Waals surface area contributed by atoms with E-state index >= 15 is 0 Å². The molecule has 0 fully saturated rings. The summed E-state index contributed by atoms with van der Waals surface area (Å²) in [4.78, 5) is 28.7. The minimum Gasteiger partial charge on any atom is -0.493 e. The van der Waals surface area contributed by atoms with Crippen molar-refractivity contribution in [3.05, 3.63) is 69.4 Å². The van der Waals surface area contributed by atoms with Crippen LogP contribution in [0.3, 0.4) is 0 Å². The minimum absolute atomic E-state index is 0.0158. The van der Waals surface area contributed by atoms with Gasteiger partial charge in [-0.3, -0.25) is 9.59 Å². The van der Waals surface area contributed by atoms with E-state index in [0.29, 0.717) is 6.07 Å². The van der Waals surface area contributed by atoms with Crippen LogP contribution in [0.15, 0.2) is 35.4 Å². The highest BCUT2D eigenvalue weighted by molar-refractivity contribution is 6.27. The number of benzene rings is 1. The molecule has 0 saturated carbocycles. The van der Waals surface area contributed by atoms with Gasteiger partial charge in [-0.05, 0) is 30.7 Å². The number of ketones is 2. The van der Waals surface area contributed by atoms with Gasteiger partial charge in [0.2, 0.25) is 5.88 Å². The minimum atomic E-state index is -4.82. The molecule has 1 heterocycles. The third-order valence-electron chi connectivity index (χ3n) is 4.42. The lowest BCUT2D eigenvalue weighted by Crippen LogP contribution is -2.26. The summed E-state index contributed by atoms with van der Waals surface area (Å²) < 4.78 is 66.4. The van der Waals surface area contributed by atoms with Crippen LogP contribution in [0.4, 0.5) is 22.0 Å². The van der Waals surface area contributed by atoms with Gasteiger partial charge < -0.3 is 5.11 Å². The summed E-state index contributed by atoms with van der Waals surface area (Å²) >= 11 is 0. The zero-order valence-electron chi connectivity index (χ0n) is 14.3. The van der Waals surface area contributed by atoms with Crippen LogP contribution in [0.25, 0.3) is 0 Å². The first-order chi connectivity index (χ1) is 13.1. The summed E-state index contributed by atoms with van der Waals surface area (Å²) in [6, 6.07) is 2.99. The van der Waals surface area contributed by atoms with Gasteiger partial charge in [-0.25, -0.2) is 13.8 Å². The van der Waals surface area contributed by atoms with Crippen molar-refractivity contribution in [1.82, 2.24) is 4.98 Å². The molecule has 0 radical (unpaired) electrons. The molecule has 3 rings (SSSR count). The lowest BCUT2D eigenvalue weighted by Gasteiger charge is -2.21. The van der Waals surface area contributed by atoms with Crippen molar-refractivity contribution in [2.75, 3.05) is 0 Å². The number of Topliss-reactive ketones (excluding diaryl/α,β-unsaturated/α-hetero) is 2. The van der Waals surface area contributed by atoms with Gasteiger partial charge in [-0.15, -0.1) is 0 Å². The largest absolute Gasteiger partial charge is 0.493 e. The number of alkyl halides is 3. The summed E-state index contributed by atoms with van der Waals surface area (Å²) in [5.41, 5.74) is -3.14. The Morgan fingerprint density at radius 3 is 1.93 bits per heavy atom. The number of carbonyl (C=O) groups is 2. The average molecular weight is 397 g/mol. The van der Waals surface area contributed by atoms with Crippen LogP contribution in [0.1, 0.15) is 45.3 Å². The summed E-state index contributed by atoms with van der Waals surface area (Å²) in [5.74, 6) is -5.20. The first-order valence-electron chi connectivity index (χ1n) is 8.11. The number of carbonyl (C=O) groups excluding carboxylic acids is 2. The number of aromatic hydroxyl groups is 1. The van der Waals surface area contributed by atoms with Gasteiger partial charge in [0, 0.05) is 23.3 Å². The Morgan fingerprint density at radius 2 is 1.46 bits per heavy atom. The predicted molar refractivity (Wildman–Crippen MR) is 86.9 cm³/mol. The van der Waals surface area contributed by atoms with Gasteiger partial charge in [0.25, 0.3) is 0 Å². The van der Waals surface area contributed by atoms with Crippen molar-refractivity contribution < 1.29 is 36.6 Å². The van der Waals surface area contributed by atoms with Crippen LogP contribution >= 0.6 is 0 Å². The zero-order valence-corrected chi connectivity index (χ0v) is 14.3. The third kappa shape index (κ3) is 3.17. The molecule has 0 amide bonds. The molecule has 0 saturated heterocycles. The van der Waals surface area contributed by atoms with E-state index in [2.05, 4.69) is 4.98 Å². The number of pyridine rings is 1. The first-order valence-corrected chi connectivity index (χ1v) is 8.11. The Morgan fingerprint density at radius 1 is 0.929 bits per heavy atom. The van der Waals surface area contributed by atoms with E-state index < -0.39 is 58.4 Å². The zero-order chi connectivity index (χ0) is 20.8. The molecular formula is C19H12F5NO3. The second-order valence-electron chi connectivity index (χ2n) is 6.10. The molecule has 0 unspecified atom stereocenters. The summed E-state index contributed by atoms with van der Waals surface area (Å²) in [7, 11) is 0. The Kier molecular flexibility index (Phi) is 4.78. The van der Waals surface area contributed by atoms with E-state index in [-0.39, 0.29) is 23.3 Å². The molecule has 2 aromatic rings. The normalized spacial score (nSPS) is 14.5. The molecule has 0 atom stereocenters. The third-order valence-corrected chi connectivity index (χ3v) is 4.42. The number of nitrogens with zero attached hydrogens (tertiary/aromatic N) is 1. The molecule has 146 valence electrons. The van der Waals surface area contributed by atoms with Crippen LogP contribution in [0.5, 0.6) is 5.88 Å². The number of halogens is 5. The van der Waals surface area contributed by atoms with Gasteiger partial charge in [0.1, 0.15) is 17.2 Å². The maximum Gasteiger partial charge on any atom is 0.421 e. The predicted octanol–water partition coefficient (Wildman–Crippen LogP) is 4.41. The highest BCUT2D eigenvalue weighted by atomic mass is 19.4. The molecule has 0 bridgehead atoms. The molecular weight excluding hydrogens is 385 g/mol. The van der Waals surface area contributed by atoms with Gasteiger partial charge in [-0.2, -0.15) is 13.2 Å². The standard InChI is InChI=1S/C19H12F5NO3/c1-2-9-10(7-8-3-4-11(18(28)25-8)19(22,23)24)17(27)15-13(21)6-5-12(20)14(15)16(9)26/h3-6H,2,7H2,1H3,(H,25,28). The molecule has 0 aliphatic heterocycles. The number of rotatable bonds is 3. The summed E-state index contributed by atoms with van der Waals surface area (Å²) in [6.45, 7) is 1.53. The van der Waals surface area contributed by atoms with E-state index in [1.807, 2.05) is 0 Å². The molecule has 0 spiro atoms. The van der Waals surface area contributed by atoms with Crippen molar-refractivity contribution in [3.63, 3.8) is 0 Å². The highest BCUT2D eigenvalue weighted by Crippen LogP contribution is 2.36. The lowest BCUT2D eigenvalue weighted by atomic mass is 9.80. The highest BCUT2D eigenvalue weighted by Gasteiger charge is 2.37.